The Morgan fingerprint density at radius 3 is 2.94 bits per heavy atom. The van der Waals surface area contributed by atoms with E-state index in [0.29, 0.717) is 12.1 Å². The van der Waals surface area contributed by atoms with Crippen LogP contribution in [-0.4, -0.2) is 24.0 Å². The first-order valence-electron chi connectivity index (χ1n) is 5.67. The van der Waals surface area contributed by atoms with Crippen LogP contribution in [0.15, 0.2) is 30.5 Å². The van der Waals surface area contributed by atoms with Crippen molar-refractivity contribution >= 4 is 15.5 Å². The SMILES string of the molecule is Nc1cccc(-n2ncc3c2CCS(=O)(=O)C3)c1. The Morgan fingerprint density at radius 2 is 2.17 bits per heavy atom. The van der Waals surface area contributed by atoms with Crippen molar-refractivity contribution in [3.63, 3.8) is 0 Å². The average molecular weight is 263 g/mol. The third-order valence-corrected chi connectivity index (χ3v) is 4.67. The van der Waals surface area contributed by atoms with Gasteiger partial charge < -0.3 is 5.73 Å². The summed E-state index contributed by atoms with van der Waals surface area (Å²) in [5, 5.41) is 4.27. The normalized spacial score (nSPS) is 17.3. The molecule has 2 heterocycles. The molecular weight excluding hydrogens is 250 g/mol. The largest absolute Gasteiger partial charge is 0.399 e. The topological polar surface area (TPSA) is 78.0 Å². The maximum atomic E-state index is 11.6. The standard InChI is InChI=1S/C12H13N3O2S/c13-10-2-1-3-11(6-10)15-12-4-5-18(16,17)8-9(12)7-14-15/h1-3,6-7H,4-5,8,13H2. The molecule has 2 N–H and O–H groups in total. The summed E-state index contributed by atoms with van der Waals surface area (Å²) < 4.78 is 24.9. The van der Waals surface area contributed by atoms with Crippen LogP contribution in [0.1, 0.15) is 11.3 Å². The number of aromatic nitrogens is 2. The first-order valence-corrected chi connectivity index (χ1v) is 7.49. The molecule has 2 aromatic rings. The van der Waals surface area contributed by atoms with Gasteiger partial charge in [0, 0.05) is 23.4 Å². The molecule has 0 saturated carbocycles. The van der Waals surface area contributed by atoms with Gasteiger partial charge in [-0.2, -0.15) is 5.10 Å². The highest BCUT2D eigenvalue weighted by Gasteiger charge is 2.25. The van der Waals surface area contributed by atoms with Gasteiger partial charge in [-0.15, -0.1) is 0 Å². The Hall–Kier alpha value is -1.82. The fourth-order valence-electron chi connectivity index (χ4n) is 2.24. The van der Waals surface area contributed by atoms with Gasteiger partial charge in [0.05, 0.1) is 23.4 Å². The summed E-state index contributed by atoms with van der Waals surface area (Å²) in [7, 11) is -2.95. The Bertz CT molecular complexity index is 704. The molecule has 6 heteroatoms. The summed E-state index contributed by atoms with van der Waals surface area (Å²) in [5.74, 6) is 0.276. The highest BCUT2D eigenvalue weighted by Crippen LogP contribution is 2.23. The lowest BCUT2D eigenvalue weighted by molar-refractivity contribution is 0.590. The molecule has 0 bridgehead atoms. The molecular formula is C12H13N3O2S. The van der Waals surface area contributed by atoms with Gasteiger partial charge in [-0.1, -0.05) is 6.07 Å². The number of nitrogens with zero attached hydrogens (tertiary/aromatic N) is 2. The lowest BCUT2D eigenvalue weighted by Crippen LogP contribution is -2.20. The van der Waals surface area contributed by atoms with E-state index in [4.69, 9.17) is 5.73 Å². The van der Waals surface area contributed by atoms with Gasteiger partial charge in [0.1, 0.15) is 0 Å². The molecule has 0 aliphatic carbocycles. The van der Waals surface area contributed by atoms with Crippen LogP contribution in [0.4, 0.5) is 5.69 Å². The van der Waals surface area contributed by atoms with Crippen LogP contribution in [0.5, 0.6) is 0 Å². The van der Waals surface area contributed by atoms with E-state index in [1.165, 1.54) is 0 Å². The number of sulfone groups is 1. The van der Waals surface area contributed by atoms with E-state index in [2.05, 4.69) is 5.10 Å². The van der Waals surface area contributed by atoms with E-state index in [0.717, 1.165) is 16.9 Å². The summed E-state index contributed by atoms with van der Waals surface area (Å²) in [4.78, 5) is 0. The molecule has 0 radical (unpaired) electrons. The summed E-state index contributed by atoms with van der Waals surface area (Å²) in [6, 6.07) is 7.41. The summed E-state index contributed by atoms with van der Waals surface area (Å²) in [5.41, 5.74) is 9.05. The quantitative estimate of drug-likeness (QED) is 0.776. The zero-order valence-electron chi connectivity index (χ0n) is 9.70. The molecule has 5 nitrogen and oxygen atoms in total. The molecule has 1 aliphatic heterocycles. The van der Waals surface area contributed by atoms with Crippen molar-refractivity contribution in [3.8, 4) is 5.69 Å². The van der Waals surface area contributed by atoms with E-state index in [1.807, 2.05) is 24.3 Å². The average Bonchev–Trinajstić information content (AvgIpc) is 2.70. The summed E-state index contributed by atoms with van der Waals surface area (Å²) in [6.07, 6.45) is 2.14. The van der Waals surface area contributed by atoms with Crippen LogP contribution < -0.4 is 5.73 Å². The van der Waals surface area contributed by atoms with Gasteiger partial charge in [0.15, 0.2) is 9.84 Å². The Balaban J connectivity index is 2.09. The van der Waals surface area contributed by atoms with E-state index in [-0.39, 0.29) is 11.5 Å². The molecule has 18 heavy (non-hydrogen) atoms. The molecule has 0 spiro atoms. The van der Waals surface area contributed by atoms with Crippen molar-refractivity contribution in [2.45, 2.75) is 12.2 Å². The van der Waals surface area contributed by atoms with Crippen molar-refractivity contribution in [1.29, 1.82) is 0 Å². The fourth-order valence-corrected chi connectivity index (χ4v) is 3.60. The van der Waals surface area contributed by atoms with Crippen LogP contribution in [0.2, 0.25) is 0 Å². The number of benzene rings is 1. The number of hydrogen-bond acceptors (Lipinski definition) is 4. The molecule has 0 fully saturated rings. The summed E-state index contributed by atoms with van der Waals surface area (Å²) in [6.45, 7) is 0. The zero-order chi connectivity index (χ0) is 12.8. The molecule has 0 unspecified atom stereocenters. The van der Waals surface area contributed by atoms with Crippen LogP contribution in [0.25, 0.3) is 5.69 Å². The number of nitrogen functional groups attached to an aromatic ring is 1. The van der Waals surface area contributed by atoms with Crippen molar-refractivity contribution in [2.75, 3.05) is 11.5 Å². The van der Waals surface area contributed by atoms with Gasteiger partial charge in [-0.25, -0.2) is 13.1 Å². The van der Waals surface area contributed by atoms with Gasteiger partial charge in [-0.05, 0) is 18.2 Å². The molecule has 1 aromatic carbocycles. The monoisotopic (exact) mass is 263 g/mol. The third-order valence-electron chi connectivity index (χ3n) is 3.10. The van der Waals surface area contributed by atoms with Gasteiger partial charge >= 0.3 is 0 Å². The van der Waals surface area contributed by atoms with Crippen molar-refractivity contribution in [2.24, 2.45) is 0 Å². The van der Waals surface area contributed by atoms with Crippen LogP contribution in [0, 0.1) is 0 Å². The van der Waals surface area contributed by atoms with Gasteiger partial charge in [0.2, 0.25) is 0 Å². The van der Waals surface area contributed by atoms with E-state index < -0.39 is 9.84 Å². The summed E-state index contributed by atoms with van der Waals surface area (Å²) >= 11 is 0. The number of nitrogens with two attached hydrogens (primary N) is 1. The highest BCUT2D eigenvalue weighted by atomic mass is 32.2. The first-order chi connectivity index (χ1) is 8.55. The molecule has 0 atom stereocenters. The van der Waals surface area contributed by atoms with Gasteiger partial charge in [0.25, 0.3) is 0 Å². The molecule has 0 saturated heterocycles. The lowest BCUT2D eigenvalue weighted by Gasteiger charge is -2.14. The highest BCUT2D eigenvalue weighted by molar-refractivity contribution is 7.90. The molecule has 3 rings (SSSR count). The zero-order valence-corrected chi connectivity index (χ0v) is 10.5. The van der Waals surface area contributed by atoms with Crippen LogP contribution >= 0.6 is 0 Å². The smallest absolute Gasteiger partial charge is 0.154 e. The lowest BCUT2D eigenvalue weighted by atomic mass is 10.2. The second-order valence-electron chi connectivity index (χ2n) is 4.47. The van der Waals surface area contributed by atoms with Crippen LogP contribution in [-0.2, 0) is 22.0 Å². The van der Waals surface area contributed by atoms with E-state index in [1.54, 1.807) is 10.9 Å². The number of rotatable bonds is 1. The van der Waals surface area contributed by atoms with Crippen LogP contribution in [0.3, 0.4) is 0 Å². The minimum Gasteiger partial charge on any atom is -0.399 e. The predicted molar refractivity (Wildman–Crippen MR) is 69.2 cm³/mol. The van der Waals surface area contributed by atoms with E-state index >= 15 is 0 Å². The molecule has 0 amide bonds. The molecule has 94 valence electrons. The number of hydrogen-bond donors (Lipinski definition) is 1. The van der Waals surface area contributed by atoms with E-state index in [9.17, 15) is 8.42 Å². The minimum absolute atomic E-state index is 0.0879. The van der Waals surface area contributed by atoms with Gasteiger partial charge in [-0.3, -0.25) is 0 Å². The fraction of sp³-hybridized carbons (Fsp3) is 0.250. The Kier molecular flexibility index (Phi) is 2.41. The minimum atomic E-state index is -2.95. The maximum absolute atomic E-state index is 11.6. The maximum Gasteiger partial charge on any atom is 0.154 e. The molecule has 1 aliphatic rings. The number of anilines is 1. The number of fused-ring (bicyclic) bond motifs is 1. The Morgan fingerprint density at radius 1 is 1.33 bits per heavy atom. The third kappa shape index (κ3) is 1.88. The predicted octanol–water partition coefficient (Wildman–Crippen LogP) is 0.925. The molecule has 1 aromatic heterocycles. The van der Waals surface area contributed by atoms with Crippen molar-refractivity contribution in [3.05, 3.63) is 41.7 Å². The first kappa shape index (κ1) is 11.3. The Labute approximate surface area is 105 Å². The second kappa shape index (κ2) is 3.84. The second-order valence-corrected chi connectivity index (χ2v) is 6.65. The van der Waals surface area contributed by atoms with Crippen molar-refractivity contribution in [1.82, 2.24) is 9.78 Å². The van der Waals surface area contributed by atoms with Crippen molar-refractivity contribution < 1.29 is 8.42 Å².